The molecule has 1 fully saturated rings. The molecule has 1 aromatic heterocycles. The lowest BCUT2D eigenvalue weighted by Crippen LogP contribution is -2.16. The van der Waals surface area contributed by atoms with Gasteiger partial charge in [-0.1, -0.05) is 5.21 Å². The van der Waals surface area contributed by atoms with Gasteiger partial charge < -0.3 is 4.74 Å². The molecule has 0 N–H and O–H groups in total. The second-order valence-electron chi connectivity index (χ2n) is 6.57. The second kappa shape index (κ2) is 5.30. The molecule has 2 aliphatic carbocycles. The number of hydrogen-bond donors (Lipinski definition) is 1. The largest absolute Gasteiger partial charge is 0.466 e. The Balaban J connectivity index is 1.73. The Bertz CT molecular complexity index is 557. The van der Waals surface area contributed by atoms with Crippen LogP contribution in [0, 0.1) is 11.8 Å². The zero-order valence-corrected chi connectivity index (χ0v) is 13.8. The molecule has 1 heterocycles. The topological polar surface area (TPSA) is 57.0 Å². The van der Waals surface area contributed by atoms with Gasteiger partial charge in [0.15, 0.2) is 0 Å². The van der Waals surface area contributed by atoms with E-state index in [4.69, 9.17) is 17.4 Å². The van der Waals surface area contributed by atoms with Crippen molar-refractivity contribution in [3.05, 3.63) is 11.4 Å². The van der Waals surface area contributed by atoms with Crippen molar-refractivity contribution in [1.29, 1.82) is 0 Å². The Hall–Kier alpha value is -1.04. The van der Waals surface area contributed by atoms with Gasteiger partial charge in [-0.15, -0.1) is 5.10 Å². The number of aryl methyl sites for hydroxylation is 1. The van der Waals surface area contributed by atoms with Crippen molar-refractivity contribution in [2.45, 2.75) is 57.2 Å². The molecule has 0 bridgehead atoms. The molecule has 0 aromatic carbocycles. The summed E-state index contributed by atoms with van der Waals surface area (Å²) in [6.07, 6.45) is 3.96. The predicted octanol–water partition coefficient (Wildman–Crippen LogP) is 2.22. The third kappa shape index (κ3) is 2.58. The minimum absolute atomic E-state index is 0.0131. The van der Waals surface area contributed by atoms with E-state index in [1.165, 1.54) is 12.6 Å². The van der Waals surface area contributed by atoms with Gasteiger partial charge in [-0.05, 0) is 45.4 Å². The molecular formula is C15H23N3O2S. The van der Waals surface area contributed by atoms with Gasteiger partial charge in [0.05, 0.1) is 18.0 Å². The highest BCUT2D eigenvalue weighted by Gasteiger charge is 2.62. The van der Waals surface area contributed by atoms with Crippen LogP contribution in [0.5, 0.6) is 0 Å². The predicted molar refractivity (Wildman–Crippen MR) is 82.4 cm³/mol. The lowest BCUT2D eigenvalue weighted by atomic mass is 10.0. The number of thiol groups is 1. The van der Waals surface area contributed by atoms with E-state index < -0.39 is 0 Å². The van der Waals surface area contributed by atoms with Gasteiger partial charge in [-0.25, -0.2) is 4.68 Å². The molecule has 1 aromatic rings. The van der Waals surface area contributed by atoms with Crippen LogP contribution in [-0.4, -0.2) is 32.3 Å². The van der Waals surface area contributed by atoms with E-state index in [0.717, 1.165) is 31.4 Å². The van der Waals surface area contributed by atoms with Crippen molar-refractivity contribution >= 4 is 18.6 Å². The van der Waals surface area contributed by atoms with E-state index in [-0.39, 0.29) is 10.7 Å². The molecule has 6 heteroatoms. The molecule has 0 amide bonds. The summed E-state index contributed by atoms with van der Waals surface area (Å²) in [5.74, 6) is 0.707. The number of aromatic nitrogens is 3. The quantitative estimate of drug-likeness (QED) is 0.687. The third-order valence-corrected chi connectivity index (χ3v) is 5.83. The minimum atomic E-state index is -0.202. The number of esters is 1. The van der Waals surface area contributed by atoms with Gasteiger partial charge in [0.2, 0.25) is 0 Å². The van der Waals surface area contributed by atoms with Gasteiger partial charge in [-0.2, -0.15) is 12.6 Å². The maximum absolute atomic E-state index is 11.0. The SMILES string of the molecule is CC(=O)OC[C@@H]1C2CCc3nnn(C(C)C)c3CCC21S. The average molecular weight is 309 g/mol. The lowest BCUT2D eigenvalue weighted by Gasteiger charge is -2.17. The van der Waals surface area contributed by atoms with E-state index >= 15 is 0 Å². The standard InChI is InChI=1S/C15H23N3O2S/c1-9(2)18-14-6-7-15(21)11(4-5-13(14)16-17-18)12(15)8-20-10(3)19/h9,11-12,21H,4-8H2,1-3H3/t11?,12-,15?/m1/s1. The monoisotopic (exact) mass is 309 g/mol. The molecule has 116 valence electrons. The molecule has 2 unspecified atom stereocenters. The molecule has 0 saturated heterocycles. The molecule has 0 aliphatic heterocycles. The molecule has 3 atom stereocenters. The Morgan fingerprint density at radius 1 is 1.52 bits per heavy atom. The first-order valence-electron chi connectivity index (χ1n) is 7.72. The van der Waals surface area contributed by atoms with Gasteiger partial charge in [0.1, 0.15) is 0 Å². The molecule has 0 radical (unpaired) electrons. The van der Waals surface area contributed by atoms with Gasteiger partial charge >= 0.3 is 5.97 Å². The van der Waals surface area contributed by atoms with Crippen molar-refractivity contribution in [2.75, 3.05) is 6.61 Å². The zero-order valence-electron chi connectivity index (χ0n) is 12.9. The highest BCUT2D eigenvalue weighted by molar-refractivity contribution is 7.82. The Morgan fingerprint density at radius 3 is 2.95 bits per heavy atom. The second-order valence-corrected chi connectivity index (χ2v) is 7.40. The maximum atomic E-state index is 11.0. The van der Waals surface area contributed by atoms with Crippen molar-refractivity contribution < 1.29 is 9.53 Å². The fourth-order valence-corrected chi connectivity index (χ4v) is 4.30. The van der Waals surface area contributed by atoms with Crippen LogP contribution in [0.1, 0.15) is 51.0 Å². The fraction of sp³-hybridized carbons (Fsp3) is 0.800. The molecule has 5 nitrogen and oxygen atoms in total. The van der Waals surface area contributed by atoms with Gasteiger partial charge in [0.25, 0.3) is 0 Å². The van der Waals surface area contributed by atoms with Crippen LogP contribution < -0.4 is 0 Å². The number of fused-ring (bicyclic) bond motifs is 2. The first-order valence-corrected chi connectivity index (χ1v) is 8.17. The summed E-state index contributed by atoms with van der Waals surface area (Å²) in [5, 5.41) is 8.65. The zero-order chi connectivity index (χ0) is 15.2. The van der Waals surface area contributed by atoms with Crippen LogP contribution in [0.4, 0.5) is 0 Å². The van der Waals surface area contributed by atoms with Crippen molar-refractivity contribution in [3.63, 3.8) is 0 Å². The van der Waals surface area contributed by atoms with E-state index in [0.29, 0.717) is 24.5 Å². The Kier molecular flexibility index (Phi) is 3.76. The highest BCUT2D eigenvalue weighted by atomic mass is 32.1. The van der Waals surface area contributed by atoms with Crippen molar-refractivity contribution in [2.24, 2.45) is 11.8 Å². The Labute approximate surface area is 130 Å². The van der Waals surface area contributed by atoms with Crippen molar-refractivity contribution in [1.82, 2.24) is 15.0 Å². The minimum Gasteiger partial charge on any atom is -0.466 e. The summed E-state index contributed by atoms with van der Waals surface area (Å²) in [7, 11) is 0. The smallest absolute Gasteiger partial charge is 0.302 e. The van der Waals surface area contributed by atoms with Gasteiger partial charge in [-0.3, -0.25) is 4.79 Å². The van der Waals surface area contributed by atoms with Gasteiger partial charge in [0, 0.05) is 23.6 Å². The highest BCUT2D eigenvalue weighted by Crippen LogP contribution is 2.61. The molecule has 2 aliphatic rings. The van der Waals surface area contributed by atoms with Crippen molar-refractivity contribution in [3.8, 4) is 0 Å². The number of nitrogens with zero attached hydrogens (tertiary/aromatic N) is 3. The van der Waals surface area contributed by atoms with Crippen LogP contribution in [-0.2, 0) is 22.4 Å². The number of carbonyl (C=O) groups is 1. The number of ether oxygens (including phenoxy) is 1. The first-order chi connectivity index (χ1) is 9.93. The fourth-order valence-electron chi connectivity index (χ4n) is 3.70. The number of rotatable bonds is 3. The van der Waals surface area contributed by atoms with Crippen LogP contribution in [0.3, 0.4) is 0 Å². The van der Waals surface area contributed by atoms with E-state index in [1.807, 2.05) is 4.68 Å². The lowest BCUT2D eigenvalue weighted by molar-refractivity contribution is -0.141. The van der Waals surface area contributed by atoms with E-state index in [9.17, 15) is 4.79 Å². The van der Waals surface area contributed by atoms with Crippen LogP contribution >= 0.6 is 12.6 Å². The summed E-state index contributed by atoms with van der Waals surface area (Å²) in [6.45, 7) is 6.23. The van der Waals surface area contributed by atoms with Crippen LogP contribution in [0.15, 0.2) is 0 Å². The average Bonchev–Trinajstić information content (AvgIpc) is 2.77. The molecule has 0 spiro atoms. The first kappa shape index (κ1) is 14.9. The number of hydrogen-bond acceptors (Lipinski definition) is 5. The molecular weight excluding hydrogens is 286 g/mol. The molecule has 21 heavy (non-hydrogen) atoms. The summed E-state index contributed by atoms with van der Waals surface area (Å²) >= 11 is 4.92. The normalized spacial score (nSPS) is 31.1. The summed E-state index contributed by atoms with van der Waals surface area (Å²) in [5.41, 5.74) is 2.40. The van der Waals surface area contributed by atoms with Crippen LogP contribution in [0.25, 0.3) is 0 Å². The van der Waals surface area contributed by atoms with E-state index in [1.54, 1.807) is 0 Å². The third-order valence-electron chi connectivity index (χ3n) is 4.94. The maximum Gasteiger partial charge on any atom is 0.302 e. The molecule has 3 rings (SSSR count). The van der Waals surface area contributed by atoms with Crippen LogP contribution in [0.2, 0.25) is 0 Å². The number of carbonyl (C=O) groups excluding carboxylic acids is 1. The summed E-state index contributed by atoms with van der Waals surface area (Å²) < 4.78 is 7.26. The summed E-state index contributed by atoms with van der Waals surface area (Å²) in [6, 6.07) is 0.336. The molecule has 1 saturated carbocycles. The Morgan fingerprint density at radius 2 is 2.29 bits per heavy atom. The summed E-state index contributed by atoms with van der Waals surface area (Å²) in [4.78, 5) is 11.0. The van der Waals surface area contributed by atoms with E-state index in [2.05, 4.69) is 24.2 Å².